The standard InChI is InChI=1S/C48H50N8O6/c1-30(2)41(53-47(59)61-4)45(57)55-25-14-22-40(55)44-50-29-38(52-44)34-24-23-32(37(27-34)36-20-12-9-15-31(36)3)16-10-11-19-35-28-49-43(51-35)39-21-13-26-56(39)46(58)42(54-48(60)62-5)33-17-7-6-8-18-33/h6-9,12,15,17-18,20,23-24,27-30,39-42H,13-14,21-22,25-26H2,1-5H3,(H,49,51)(H,50,52)(H,53,59)(H,54,60)/t39-,40-,41-,42+/m0/s1. The van der Waals surface area contributed by atoms with Crippen LogP contribution < -0.4 is 10.6 Å². The summed E-state index contributed by atoms with van der Waals surface area (Å²) >= 11 is 0. The second-order valence-corrected chi connectivity index (χ2v) is 15.7. The summed E-state index contributed by atoms with van der Waals surface area (Å²) in [6.45, 7) is 6.93. The molecular formula is C48H50N8O6. The van der Waals surface area contributed by atoms with Gasteiger partial charge in [-0.2, -0.15) is 0 Å². The molecule has 0 saturated carbocycles. The van der Waals surface area contributed by atoms with Gasteiger partial charge in [0, 0.05) is 24.2 Å². The summed E-state index contributed by atoms with van der Waals surface area (Å²) in [5.41, 5.74) is 6.77. The van der Waals surface area contributed by atoms with E-state index < -0.39 is 24.3 Å². The number of benzene rings is 3. The van der Waals surface area contributed by atoms with Gasteiger partial charge in [0.05, 0.1) is 44.4 Å². The number of hydrogen-bond acceptors (Lipinski definition) is 8. The van der Waals surface area contributed by atoms with Crippen molar-refractivity contribution in [1.29, 1.82) is 0 Å². The van der Waals surface area contributed by atoms with Crippen molar-refractivity contribution in [3.63, 3.8) is 0 Å². The lowest BCUT2D eigenvalue weighted by atomic mass is 9.94. The van der Waals surface area contributed by atoms with Gasteiger partial charge in [0.15, 0.2) is 0 Å². The second-order valence-electron chi connectivity index (χ2n) is 15.7. The average molecular weight is 835 g/mol. The lowest BCUT2D eigenvalue weighted by Crippen LogP contribution is -2.51. The SMILES string of the molecule is COC(=O)N[C@H](C(=O)N1CCC[C@H]1c1ncc(-c2ccc(C#CC#Cc3cnc([C@@H]4CCCN4C(=O)[C@H](NC(=O)OC)c4ccccc4)[nH]3)c(-c3ccccc3C)c2)[nH]1)C(C)C. The number of aryl methyl sites for hydroxylation is 1. The van der Waals surface area contributed by atoms with Gasteiger partial charge >= 0.3 is 12.2 Å². The van der Waals surface area contributed by atoms with Crippen LogP contribution in [-0.2, 0) is 19.1 Å². The topological polar surface area (TPSA) is 175 Å². The van der Waals surface area contributed by atoms with Crippen molar-refractivity contribution < 1.29 is 28.7 Å². The van der Waals surface area contributed by atoms with Crippen molar-refractivity contribution >= 4 is 24.0 Å². The molecule has 5 aromatic rings. The molecular weight excluding hydrogens is 785 g/mol. The van der Waals surface area contributed by atoms with E-state index in [-0.39, 0.29) is 29.8 Å². The molecule has 62 heavy (non-hydrogen) atoms. The number of amides is 4. The Balaban J connectivity index is 1.10. The van der Waals surface area contributed by atoms with E-state index in [4.69, 9.17) is 14.5 Å². The minimum absolute atomic E-state index is 0.133. The molecule has 0 unspecified atom stereocenters. The number of aromatic amines is 2. The number of imidazole rings is 2. The number of carbonyl (C=O) groups is 4. The molecule has 2 saturated heterocycles. The summed E-state index contributed by atoms with van der Waals surface area (Å²) in [7, 11) is 2.55. The van der Waals surface area contributed by atoms with Gasteiger partial charge in [-0.3, -0.25) is 9.59 Å². The highest BCUT2D eigenvalue weighted by Crippen LogP contribution is 2.36. The number of nitrogens with zero attached hydrogens (tertiary/aromatic N) is 4. The third-order valence-electron chi connectivity index (χ3n) is 11.3. The highest BCUT2D eigenvalue weighted by molar-refractivity contribution is 5.88. The van der Waals surface area contributed by atoms with Gasteiger partial charge in [-0.05, 0) is 90.7 Å². The number of hydrogen-bond donors (Lipinski definition) is 4. The number of carbonyl (C=O) groups excluding carboxylic acids is 4. The van der Waals surface area contributed by atoms with Gasteiger partial charge in [-0.1, -0.05) is 80.4 Å². The van der Waals surface area contributed by atoms with Crippen molar-refractivity contribution in [3.05, 3.63) is 119 Å². The first-order valence-electron chi connectivity index (χ1n) is 20.7. The predicted octanol–water partition coefficient (Wildman–Crippen LogP) is 6.98. The number of ether oxygens (including phenoxy) is 2. The molecule has 2 aliphatic rings. The van der Waals surface area contributed by atoms with Crippen molar-refractivity contribution in [1.82, 2.24) is 40.4 Å². The quantitative estimate of drug-likeness (QED) is 0.109. The van der Waals surface area contributed by atoms with Crippen LogP contribution in [0.2, 0.25) is 0 Å². The Morgan fingerprint density at radius 2 is 1.37 bits per heavy atom. The van der Waals surface area contributed by atoms with Gasteiger partial charge in [0.1, 0.15) is 29.4 Å². The smallest absolute Gasteiger partial charge is 0.407 e. The molecule has 2 fully saturated rings. The van der Waals surface area contributed by atoms with E-state index >= 15 is 0 Å². The Bertz CT molecular complexity index is 2560. The largest absolute Gasteiger partial charge is 0.453 e. The lowest BCUT2D eigenvalue weighted by Gasteiger charge is -2.30. The number of methoxy groups -OCH3 is 2. The third kappa shape index (κ3) is 9.50. The summed E-state index contributed by atoms with van der Waals surface area (Å²) < 4.78 is 9.60. The van der Waals surface area contributed by atoms with Gasteiger partial charge in [-0.25, -0.2) is 19.6 Å². The Hall–Kier alpha value is -7.32. The highest BCUT2D eigenvalue weighted by atomic mass is 16.5. The summed E-state index contributed by atoms with van der Waals surface area (Å²) in [5, 5.41) is 5.39. The van der Waals surface area contributed by atoms with Gasteiger partial charge in [0.25, 0.3) is 5.91 Å². The normalized spacial score (nSPS) is 16.7. The first-order chi connectivity index (χ1) is 30.1. The number of aromatic nitrogens is 4. The molecule has 4 amide bonds. The van der Waals surface area contributed by atoms with E-state index in [1.54, 1.807) is 34.3 Å². The van der Waals surface area contributed by atoms with Crippen molar-refractivity contribution in [3.8, 4) is 46.1 Å². The number of H-pyrrole nitrogens is 2. The van der Waals surface area contributed by atoms with E-state index in [0.29, 0.717) is 42.4 Å². The van der Waals surface area contributed by atoms with Crippen LogP contribution in [0.15, 0.2) is 85.2 Å². The number of likely N-dealkylation sites (tertiary alicyclic amines) is 2. The summed E-state index contributed by atoms with van der Waals surface area (Å²) in [5.74, 6) is 13.1. The molecule has 0 bridgehead atoms. The van der Waals surface area contributed by atoms with Crippen LogP contribution in [0.5, 0.6) is 0 Å². The first kappa shape index (κ1) is 42.8. The summed E-state index contributed by atoms with van der Waals surface area (Å²) in [6, 6.07) is 21.1. The van der Waals surface area contributed by atoms with Crippen LogP contribution in [-0.4, -0.2) is 87.1 Å². The van der Waals surface area contributed by atoms with Crippen molar-refractivity contribution in [2.24, 2.45) is 5.92 Å². The third-order valence-corrected chi connectivity index (χ3v) is 11.3. The first-order valence-corrected chi connectivity index (χ1v) is 20.7. The molecule has 7 rings (SSSR count). The molecule has 0 spiro atoms. The monoisotopic (exact) mass is 834 g/mol. The number of nitrogens with one attached hydrogen (secondary N) is 4. The Kier molecular flexibility index (Phi) is 13.4. The maximum Gasteiger partial charge on any atom is 0.407 e. The maximum absolute atomic E-state index is 13.9. The summed E-state index contributed by atoms with van der Waals surface area (Å²) in [6.07, 6.45) is 5.15. The molecule has 3 aromatic carbocycles. The van der Waals surface area contributed by atoms with Crippen LogP contribution in [0.25, 0.3) is 22.4 Å². The van der Waals surface area contributed by atoms with Gasteiger partial charge in [0.2, 0.25) is 5.91 Å². The summed E-state index contributed by atoms with van der Waals surface area (Å²) in [4.78, 5) is 71.5. The second kappa shape index (κ2) is 19.4. The molecule has 4 N–H and O–H groups in total. The van der Waals surface area contributed by atoms with Crippen LogP contribution >= 0.6 is 0 Å². The number of alkyl carbamates (subject to hydrolysis) is 2. The molecule has 4 atom stereocenters. The fraction of sp³-hybridized carbons (Fsp3) is 0.333. The molecule has 4 heterocycles. The van der Waals surface area contributed by atoms with Crippen LogP contribution in [0, 0.1) is 36.5 Å². The van der Waals surface area contributed by atoms with Gasteiger partial charge in [-0.15, -0.1) is 0 Å². The zero-order valence-electron chi connectivity index (χ0n) is 35.5. The van der Waals surface area contributed by atoms with E-state index in [1.165, 1.54) is 14.2 Å². The molecule has 0 aliphatic carbocycles. The fourth-order valence-corrected chi connectivity index (χ4v) is 8.12. The van der Waals surface area contributed by atoms with Crippen LogP contribution in [0.1, 0.15) is 91.7 Å². The molecule has 2 aromatic heterocycles. The molecule has 14 heteroatoms. The van der Waals surface area contributed by atoms with E-state index in [1.807, 2.05) is 56.3 Å². The average Bonchev–Trinajstić information content (AvgIpc) is 4.14. The Morgan fingerprint density at radius 3 is 2.06 bits per heavy atom. The minimum atomic E-state index is -0.911. The highest BCUT2D eigenvalue weighted by Gasteiger charge is 2.38. The Morgan fingerprint density at radius 1 is 0.742 bits per heavy atom. The zero-order chi connectivity index (χ0) is 43.8. The van der Waals surface area contributed by atoms with Crippen molar-refractivity contribution in [2.75, 3.05) is 27.3 Å². The molecule has 14 nitrogen and oxygen atoms in total. The fourth-order valence-electron chi connectivity index (χ4n) is 8.12. The molecule has 0 radical (unpaired) electrons. The predicted molar refractivity (Wildman–Crippen MR) is 233 cm³/mol. The maximum atomic E-state index is 13.9. The Labute approximate surface area is 361 Å². The van der Waals surface area contributed by atoms with Gasteiger partial charge < -0.3 is 39.9 Å². The molecule has 2 aliphatic heterocycles. The van der Waals surface area contributed by atoms with Crippen molar-refractivity contribution in [2.45, 2.75) is 70.6 Å². The number of rotatable bonds is 10. The van der Waals surface area contributed by atoms with E-state index in [0.717, 1.165) is 52.8 Å². The van der Waals surface area contributed by atoms with Crippen LogP contribution in [0.3, 0.4) is 0 Å². The molecule has 318 valence electrons. The van der Waals surface area contributed by atoms with E-state index in [9.17, 15) is 19.2 Å². The minimum Gasteiger partial charge on any atom is -0.453 e. The van der Waals surface area contributed by atoms with Crippen LogP contribution in [0.4, 0.5) is 9.59 Å². The zero-order valence-corrected chi connectivity index (χ0v) is 35.5. The van der Waals surface area contributed by atoms with E-state index in [2.05, 4.69) is 74.4 Å². The lowest BCUT2D eigenvalue weighted by molar-refractivity contribution is -0.135.